The van der Waals surface area contributed by atoms with E-state index in [1.807, 2.05) is 77.7 Å². The monoisotopic (exact) mass is 317 g/mol. The Bertz CT molecular complexity index is 833. The van der Waals surface area contributed by atoms with Gasteiger partial charge >= 0.3 is 0 Å². The maximum Gasteiger partial charge on any atom is 0.260 e. The molecule has 1 atom stereocenters. The van der Waals surface area contributed by atoms with Crippen molar-refractivity contribution in [2.24, 2.45) is 0 Å². The largest absolute Gasteiger partial charge is 0.291 e. The maximum atomic E-state index is 13.1. The molecule has 0 radical (unpaired) electrons. The number of benzene rings is 3. The summed E-state index contributed by atoms with van der Waals surface area (Å²) in [7, 11) is 0. The lowest BCUT2D eigenvalue weighted by molar-refractivity contribution is 0.0979. The van der Waals surface area contributed by atoms with Crippen LogP contribution >= 0.6 is 11.8 Å². The van der Waals surface area contributed by atoms with E-state index in [0.29, 0.717) is 0 Å². The fourth-order valence-corrected chi connectivity index (χ4v) is 4.13. The molecule has 0 spiro atoms. The van der Waals surface area contributed by atoms with E-state index in [-0.39, 0.29) is 11.3 Å². The normalized spacial score (nSPS) is 17.0. The van der Waals surface area contributed by atoms with Crippen molar-refractivity contribution in [3.63, 3.8) is 0 Å². The van der Waals surface area contributed by atoms with Gasteiger partial charge in [-0.25, -0.2) is 0 Å². The third-order valence-electron chi connectivity index (χ3n) is 3.93. The first-order valence-corrected chi connectivity index (χ1v) is 8.42. The number of hydrogen-bond donors (Lipinski definition) is 0. The molecule has 0 bridgehead atoms. The molecular formula is C20H15NOS. The van der Waals surface area contributed by atoms with Gasteiger partial charge < -0.3 is 0 Å². The van der Waals surface area contributed by atoms with Crippen LogP contribution in [0.15, 0.2) is 89.8 Å². The number of amides is 1. The predicted molar refractivity (Wildman–Crippen MR) is 94.7 cm³/mol. The lowest BCUT2D eigenvalue weighted by Crippen LogP contribution is -2.36. The molecule has 0 unspecified atom stereocenters. The molecule has 0 saturated heterocycles. The van der Waals surface area contributed by atoms with Crippen LogP contribution in [-0.4, -0.2) is 5.91 Å². The molecule has 0 aliphatic carbocycles. The Hall–Kier alpha value is -2.52. The molecule has 0 fully saturated rings. The van der Waals surface area contributed by atoms with E-state index in [4.69, 9.17) is 0 Å². The summed E-state index contributed by atoms with van der Waals surface area (Å²) in [6.45, 7) is 0. The molecule has 1 amide bonds. The summed E-state index contributed by atoms with van der Waals surface area (Å²) in [5.41, 5.74) is 2.83. The van der Waals surface area contributed by atoms with E-state index in [1.165, 1.54) is 0 Å². The molecule has 112 valence electrons. The molecule has 3 aromatic carbocycles. The fraction of sp³-hybridized carbons (Fsp3) is 0.0500. The van der Waals surface area contributed by atoms with Crippen molar-refractivity contribution in [3.05, 3.63) is 96.1 Å². The molecule has 2 nitrogen and oxygen atoms in total. The van der Waals surface area contributed by atoms with Gasteiger partial charge in [-0.05, 0) is 29.8 Å². The highest BCUT2D eigenvalue weighted by atomic mass is 32.2. The van der Waals surface area contributed by atoms with Gasteiger partial charge in [0.25, 0.3) is 5.91 Å². The molecule has 3 heteroatoms. The Morgan fingerprint density at radius 3 is 2.09 bits per heavy atom. The van der Waals surface area contributed by atoms with E-state index in [1.54, 1.807) is 11.8 Å². The van der Waals surface area contributed by atoms with E-state index in [2.05, 4.69) is 12.1 Å². The van der Waals surface area contributed by atoms with Gasteiger partial charge in [-0.3, -0.25) is 9.69 Å². The Kier molecular flexibility index (Phi) is 3.64. The standard InChI is InChI=1S/C20H15NOS/c22-19-17-13-7-8-14-18(17)23-20(15-9-3-1-4-10-15)21(19)16-11-5-2-6-12-16/h1-14,20H/t20-/m0/s1. The lowest BCUT2D eigenvalue weighted by Gasteiger charge is -2.36. The predicted octanol–water partition coefficient (Wildman–Crippen LogP) is 5.14. The summed E-state index contributed by atoms with van der Waals surface area (Å²) < 4.78 is 0. The highest BCUT2D eigenvalue weighted by Crippen LogP contribution is 2.46. The van der Waals surface area contributed by atoms with Crippen LogP contribution in [0.3, 0.4) is 0 Å². The second-order valence-corrected chi connectivity index (χ2v) is 6.51. The average molecular weight is 317 g/mol. The second-order valence-electron chi connectivity index (χ2n) is 5.39. The minimum atomic E-state index is -0.0546. The van der Waals surface area contributed by atoms with E-state index in [9.17, 15) is 4.79 Å². The molecule has 3 aromatic rings. The quantitative estimate of drug-likeness (QED) is 0.652. The Morgan fingerprint density at radius 1 is 0.739 bits per heavy atom. The van der Waals surface area contributed by atoms with Crippen LogP contribution in [0.2, 0.25) is 0 Å². The van der Waals surface area contributed by atoms with Gasteiger partial charge in [0, 0.05) is 10.6 Å². The van der Waals surface area contributed by atoms with Crippen molar-refractivity contribution in [2.45, 2.75) is 10.3 Å². The topological polar surface area (TPSA) is 20.3 Å². The number of carbonyl (C=O) groups excluding carboxylic acids is 1. The van der Waals surface area contributed by atoms with E-state index >= 15 is 0 Å². The van der Waals surface area contributed by atoms with E-state index in [0.717, 1.165) is 21.7 Å². The van der Waals surface area contributed by atoms with Crippen molar-refractivity contribution in [3.8, 4) is 0 Å². The third-order valence-corrected chi connectivity index (χ3v) is 5.24. The average Bonchev–Trinajstić information content (AvgIpc) is 2.63. The first-order chi connectivity index (χ1) is 11.3. The maximum absolute atomic E-state index is 13.1. The van der Waals surface area contributed by atoms with Crippen molar-refractivity contribution >= 4 is 23.4 Å². The first-order valence-electron chi connectivity index (χ1n) is 7.54. The van der Waals surface area contributed by atoms with Crippen molar-refractivity contribution < 1.29 is 4.79 Å². The van der Waals surface area contributed by atoms with Gasteiger partial charge in [0.2, 0.25) is 0 Å². The van der Waals surface area contributed by atoms with Crippen LogP contribution in [0.4, 0.5) is 5.69 Å². The molecule has 4 rings (SSSR count). The fourth-order valence-electron chi connectivity index (χ4n) is 2.83. The SMILES string of the molecule is O=C1c2ccccc2S[C@@H](c2ccccc2)N1c1ccccc1. The number of para-hydroxylation sites is 1. The molecule has 23 heavy (non-hydrogen) atoms. The zero-order valence-corrected chi connectivity index (χ0v) is 13.2. The number of rotatable bonds is 2. The van der Waals surface area contributed by atoms with Crippen LogP contribution in [0, 0.1) is 0 Å². The number of thioether (sulfide) groups is 1. The summed E-state index contributed by atoms with van der Waals surface area (Å²) in [5.74, 6) is 0.0550. The summed E-state index contributed by atoms with van der Waals surface area (Å²) in [5, 5.41) is -0.0546. The van der Waals surface area contributed by atoms with E-state index < -0.39 is 0 Å². The van der Waals surface area contributed by atoms with Crippen LogP contribution in [0.5, 0.6) is 0 Å². The van der Waals surface area contributed by atoms with Gasteiger partial charge in [0.15, 0.2) is 0 Å². The van der Waals surface area contributed by atoms with Gasteiger partial charge in [-0.15, -0.1) is 0 Å². The second kappa shape index (κ2) is 5.94. The van der Waals surface area contributed by atoms with Gasteiger partial charge in [-0.1, -0.05) is 72.4 Å². The molecule has 0 saturated carbocycles. The summed E-state index contributed by atoms with van der Waals surface area (Å²) in [6.07, 6.45) is 0. The molecule has 0 N–H and O–H groups in total. The van der Waals surface area contributed by atoms with Crippen LogP contribution in [0.25, 0.3) is 0 Å². The molecule has 1 aliphatic rings. The van der Waals surface area contributed by atoms with Gasteiger partial charge in [-0.2, -0.15) is 0 Å². The van der Waals surface area contributed by atoms with Crippen LogP contribution in [0.1, 0.15) is 21.3 Å². The van der Waals surface area contributed by atoms with Crippen LogP contribution in [-0.2, 0) is 0 Å². The Morgan fingerprint density at radius 2 is 1.35 bits per heavy atom. The number of carbonyl (C=O) groups is 1. The van der Waals surface area contributed by atoms with Gasteiger partial charge in [0.05, 0.1) is 5.56 Å². The first kappa shape index (κ1) is 14.1. The zero-order chi connectivity index (χ0) is 15.6. The number of hydrogen-bond acceptors (Lipinski definition) is 2. The minimum Gasteiger partial charge on any atom is -0.291 e. The third kappa shape index (κ3) is 2.53. The van der Waals surface area contributed by atoms with Gasteiger partial charge in [0.1, 0.15) is 5.37 Å². The number of fused-ring (bicyclic) bond motifs is 1. The highest BCUT2D eigenvalue weighted by Gasteiger charge is 2.34. The Labute approximate surface area is 139 Å². The number of nitrogens with zero attached hydrogens (tertiary/aromatic N) is 1. The summed E-state index contributed by atoms with van der Waals surface area (Å²) in [4.78, 5) is 16.0. The highest BCUT2D eigenvalue weighted by molar-refractivity contribution is 7.99. The minimum absolute atomic E-state index is 0.0546. The van der Waals surface area contributed by atoms with Crippen LogP contribution < -0.4 is 4.90 Å². The molecule has 0 aromatic heterocycles. The lowest BCUT2D eigenvalue weighted by atomic mass is 10.1. The molecular weight excluding hydrogens is 302 g/mol. The zero-order valence-electron chi connectivity index (χ0n) is 12.4. The van der Waals surface area contributed by atoms with Crippen molar-refractivity contribution in [2.75, 3.05) is 4.90 Å². The van der Waals surface area contributed by atoms with Crippen molar-refractivity contribution in [1.29, 1.82) is 0 Å². The summed E-state index contributed by atoms with van der Waals surface area (Å²) >= 11 is 1.72. The molecule has 1 heterocycles. The Balaban J connectivity index is 1.87. The summed E-state index contributed by atoms with van der Waals surface area (Å²) in [6, 6.07) is 27.9. The van der Waals surface area contributed by atoms with Crippen molar-refractivity contribution in [1.82, 2.24) is 0 Å². The smallest absolute Gasteiger partial charge is 0.260 e. The molecule has 1 aliphatic heterocycles. The number of anilines is 1.